The molecule has 21 heavy (non-hydrogen) atoms. The zero-order valence-corrected chi connectivity index (χ0v) is 14.7. The number of anilines is 2. The van der Waals surface area contributed by atoms with E-state index >= 15 is 0 Å². The Morgan fingerprint density at radius 3 is 2.76 bits per heavy atom. The monoisotopic (exact) mass is 388 g/mol. The lowest BCUT2D eigenvalue weighted by Crippen LogP contribution is -2.07. The van der Waals surface area contributed by atoms with Crippen molar-refractivity contribution in [2.45, 2.75) is 13.5 Å². The summed E-state index contributed by atoms with van der Waals surface area (Å²) in [6.07, 6.45) is 0. The van der Waals surface area contributed by atoms with Gasteiger partial charge in [0.25, 0.3) is 0 Å². The fraction of sp³-hybridized carbons (Fsp3) is 0.214. The standard InChI is InChI=1S/C14H14BrClN2O2S/c1-8(19)18-9-3-4-13(20-2)12(5-9)17-7-10-6-11(15)14(16)21-10/h3-6,17H,7H2,1-2H3,(H,18,19). The van der Waals surface area contributed by atoms with Crippen LogP contribution in [0.1, 0.15) is 11.8 Å². The van der Waals surface area contributed by atoms with Crippen LogP contribution < -0.4 is 15.4 Å². The second-order valence-corrected chi connectivity index (χ2v) is 6.88. The molecule has 0 radical (unpaired) electrons. The molecule has 0 aliphatic rings. The summed E-state index contributed by atoms with van der Waals surface area (Å²) in [6.45, 7) is 2.10. The van der Waals surface area contributed by atoms with E-state index in [2.05, 4.69) is 26.6 Å². The van der Waals surface area contributed by atoms with E-state index in [0.29, 0.717) is 12.3 Å². The molecule has 0 saturated carbocycles. The number of methoxy groups -OCH3 is 1. The van der Waals surface area contributed by atoms with E-state index in [1.54, 1.807) is 13.2 Å². The van der Waals surface area contributed by atoms with Gasteiger partial charge in [-0.1, -0.05) is 11.6 Å². The van der Waals surface area contributed by atoms with E-state index in [4.69, 9.17) is 16.3 Å². The van der Waals surface area contributed by atoms with Crippen LogP contribution >= 0.6 is 38.9 Å². The van der Waals surface area contributed by atoms with Crippen LogP contribution in [0.25, 0.3) is 0 Å². The molecule has 112 valence electrons. The number of halogens is 2. The quantitative estimate of drug-likeness (QED) is 0.776. The van der Waals surface area contributed by atoms with Gasteiger partial charge < -0.3 is 15.4 Å². The molecule has 2 aromatic rings. The summed E-state index contributed by atoms with van der Waals surface area (Å²) in [5.41, 5.74) is 1.53. The number of carbonyl (C=O) groups is 1. The molecule has 0 saturated heterocycles. The number of amides is 1. The first-order valence-corrected chi connectivity index (χ1v) is 8.11. The molecule has 0 unspecified atom stereocenters. The van der Waals surface area contributed by atoms with Gasteiger partial charge in [-0.2, -0.15) is 0 Å². The number of benzene rings is 1. The van der Waals surface area contributed by atoms with Crippen molar-refractivity contribution in [1.29, 1.82) is 0 Å². The van der Waals surface area contributed by atoms with E-state index < -0.39 is 0 Å². The third kappa shape index (κ3) is 4.36. The van der Waals surface area contributed by atoms with Gasteiger partial charge in [0, 0.05) is 28.5 Å². The third-order valence-electron chi connectivity index (χ3n) is 2.67. The molecule has 1 amide bonds. The van der Waals surface area contributed by atoms with Crippen molar-refractivity contribution in [2.75, 3.05) is 17.7 Å². The Bertz CT molecular complexity index is 641. The highest BCUT2D eigenvalue weighted by molar-refractivity contribution is 9.10. The first-order chi connectivity index (χ1) is 9.99. The second-order valence-electron chi connectivity index (χ2n) is 4.28. The van der Waals surface area contributed by atoms with Gasteiger partial charge in [0.2, 0.25) is 5.91 Å². The van der Waals surface area contributed by atoms with Crippen LogP contribution in [0.4, 0.5) is 11.4 Å². The summed E-state index contributed by atoms with van der Waals surface area (Å²) < 4.78 is 6.94. The number of hydrogen-bond acceptors (Lipinski definition) is 4. The minimum atomic E-state index is -0.111. The fourth-order valence-electron chi connectivity index (χ4n) is 1.79. The van der Waals surface area contributed by atoms with Gasteiger partial charge in [-0.05, 0) is 40.2 Å². The van der Waals surface area contributed by atoms with Crippen LogP contribution in [0.5, 0.6) is 5.75 Å². The number of rotatable bonds is 5. The minimum absolute atomic E-state index is 0.111. The molecule has 0 bridgehead atoms. The molecule has 7 heteroatoms. The zero-order valence-electron chi connectivity index (χ0n) is 11.5. The molecular weight excluding hydrogens is 376 g/mol. The molecule has 0 aliphatic carbocycles. The zero-order chi connectivity index (χ0) is 15.4. The smallest absolute Gasteiger partial charge is 0.221 e. The maximum Gasteiger partial charge on any atom is 0.221 e. The predicted molar refractivity (Wildman–Crippen MR) is 91.7 cm³/mol. The molecule has 1 heterocycles. The van der Waals surface area contributed by atoms with Crippen LogP contribution in [-0.2, 0) is 11.3 Å². The van der Waals surface area contributed by atoms with Gasteiger partial charge in [0.15, 0.2) is 0 Å². The molecule has 4 nitrogen and oxygen atoms in total. The van der Waals surface area contributed by atoms with E-state index in [1.807, 2.05) is 18.2 Å². The minimum Gasteiger partial charge on any atom is -0.495 e. The molecule has 0 aliphatic heterocycles. The Kier molecular flexibility index (Phi) is 5.50. The van der Waals surface area contributed by atoms with Crippen molar-refractivity contribution in [2.24, 2.45) is 0 Å². The summed E-state index contributed by atoms with van der Waals surface area (Å²) in [6, 6.07) is 7.42. The normalized spacial score (nSPS) is 10.3. The maximum atomic E-state index is 11.1. The van der Waals surface area contributed by atoms with Crippen LogP contribution in [0.3, 0.4) is 0 Å². The van der Waals surface area contributed by atoms with Crippen molar-refractivity contribution in [3.8, 4) is 5.75 Å². The van der Waals surface area contributed by atoms with Crippen molar-refractivity contribution in [1.82, 2.24) is 0 Å². The number of ether oxygens (including phenoxy) is 1. The number of carbonyl (C=O) groups excluding carboxylic acids is 1. The average molecular weight is 390 g/mol. The third-order valence-corrected chi connectivity index (χ3v) is 5.14. The van der Waals surface area contributed by atoms with Crippen molar-refractivity contribution < 1.29 is 9.53 Å². The Hall–Kier alpha value is -1.24. The molecule has 0 atom stereocenters. The average Bonchev–Trinajstić information content (AvgIpc) is 2.75. The van der Waals surface area contributed by atoms with Gasteiger partial charge in [-0.3, -0.25) is 4.79 Å². The Labute approximate surface area is 140 Å². The number of thiophene rings is 1. The van der Waals surface area contributed by atoms with Crippen LogP contribution in [0.2, 0.25) is 4.34 Å². The summed E-state index contributed by atoms with van der Waals surface area (Å²) in [5, 5.41) is 6.04. The van der Waals surface area contributed by atoms with Crippen molar-refractivity contribution in [3.05, 3.63) is 38.0 Å². The Morgan fingerprint density at radius 1 is 1.43 bits per heavy atom. The lowest BCUT2D eigenvalue weighted by molar-refractivity contribution is -0.114. The van der Waals surface area contributed by atoms with Crippen LogP contribution in [0, 0.1) is 0 Å². The highest BCUT2D eigenvalue weighted by Gasteiger charge is 2.08. The second kappa shape index (κ2) is 7.15. The Morgan fingerprint density at radius 2 is 2.19 bits per heavy atom. The molecule has 1 aromatic heterocycles. The number of hydrogen-bond donors (Lipinski definition) is 2. The van der Waals surface area contributed by atoms with Crippen LogP contribution in [0.15, 0.2) is 28.7 Å². The SMILES string of the molecule is COc1ccc(NC(C)=O)cc1NCc1cc(Br)c(Cl)s1. The van der Waals surface area contributed by atoms with E-state index in [0.717, 1.165) is 25.1 Å². The van der Waals surface area contributed by atoms with Gasteiger partial charge in [-0.25, -0.2) is 0 Å². The number of nitrogens with one attached hydrogen (secondary N) is 2. The largest absolute Gasteiger partial charge is 0.495 e. The first kappa shape index (κ1) is 16.1. The summed E-state index contributed by atoms with van der Waals surface area (Å²) in [7, 11) is 1.61. The highest BCUT2D eigenvalue weighted by atomic mass is 79.9. The van der Waals surface area contributed by atoms with Gasteiger partial charge in [-0.15, -0.1) is 11.3 Å². The molecule has 1 aromatic carbocycles. The van der Waals surface area contributed by atoms with Crippen molar-refractivity contribution >= 4 is 56.1 Å². The summed E-state index contributed by atoms with van der Waals surface area (Å²) in [4.78, 5) is 12.2. The Balaban J connectivity index is 2.14. The summed E-state index contributed by atoms with van der Waals surface area (Å²) in [5.74, 6) is 0.603. The fourth-order valence-corrected chi connectivity index (χ4v) is 3.52. The lowest BCUT2D eigenvalue weighted by atomic mass is 10.2. The first-order valence-electron chi connectivity index (χ1n) is 6.13. The molecular formula is C14H14BrClN2O2S. The van der Waals surface area contributed by atoms with Gasteiger partial charge in [0.05, 0.1) is 12.8 Å². The van der Waals surface area contributed by atoms with Crippen molar-refractivity contribution in [3.63, 3.8) is 0 Å². The highest BCUT2D eigenvalue weighted by Crippen LogP contribution is 2.33. The van der Waals surface area contributed by atoms with E-state index in [-0.39, 0.29) is 5.91 Å². The van der Waals surface area contributed by atoms with Gasteiger partial charge >= 0.3 is 0 Å². The predicted octanol–water partition coefficient (Wildman–Crippen LogP) is 4.74. The lowest BCUT2D eigenvalue weighted by Gasteiger charge is -2.12. The van der Waals surface area contributed by atoms with Gasteiger partial charge in [0.1, 0.15) is 10.1 Å². The summed E-state index contributed by atoms with van der Waals surface area (Å²) >= 11 is 10.9. The van der Waals surface area contributed by atoms with E-state index in [9.17, 15) is 4.79 Å². The molecule has 0 spiro atoms. The van der Waals surface area contributed by atoms with E-state index in [1.165, 1.54) is 18.3 Å². The molecule has 2 N–H and O–H groups in total. The maximum absolute atomic E-state index is 11.1. The molecule has 2 rings (SSSR count). The topological polar surface area (TPSA) is 50.4 Å². The van der Waals surface area contributed by atoms with Crippen LogP contribution in [-0.4, -0.2) is 13.0 Å². The molecule has 0 fully saturated rings.